The van der Waals surface area contributed by atoms with E-state index >= 15 is 0 Å². The molecule has 0 aliphatic heterocycles. The van der Waals surface area contributed by atoms with Crippen LogP contribution in [0, 0.1) is 12.8 Å². The second kappa shape index (κ2) is 9.20. The van der Waals surface area contributed by atoms with Crippen molar-refractivity contribution >= 4 is 46.5 Å². The Kier molecular flexibility index (Phi) is 6.91. The average molecular weight is 442 g/mol. The molecule has 1 fully saturated rings. The predicted octanol–water partition coefficient (Wildman–Crippen LogP) is 5.02. The van der Waals surface area contributed by atoms with Gasteiger partial charge in [-0.15, -0.1) is 5.10 Å². The van der Waals surface area contributed by atoms with Crippen LogP contribution in [0.1, 0.15) is 57.8 Å². The molecule has 3 rings (SSSR count). The van der Waals surface area contributed by atoms with Crippen molar-refractivity contribution in [1.82, 2.24) is 14.5 Å². The number of imide groups is 1. The van der Waals surface area contributed by atoms with Gasteiger partial charge in [0.25, 0.3) is 11.8 Å². The molecule has 0 saturated heterocycles. The molecule has 2 amide bonds. The maximum absolute atomic E-state index is 13.5. The van der Waals surface area contributed by atoms with Gasteiger partial charge in [0, 0.05) is 6.54 Å². The second-order valence-electron chi connectivity index (χ2n) is 6.85. The van der Waals surface area contributed by atoms with Gasteiger partial charge in [-0.3, -0.25) is 14.5 Å². The molecular formula is C19H21Cl2N3O3S. The van der Waals surface area contributed by atoms with Gasteiger partial charge in [-0.25, -0.2) is 0 Å². The Morgan fingerprint density at radius 2 is 1.86 bits per heavy atom. The van der Waals surface area contributed by atoms with Crippen molar-refractivity contribution in [1.29, 1.82) is 0 Å². The minimum Gasteiger partial charge on any atom is -0.494 e. The fourth-order valence-electron chi connectivity index (χ4n) is 3.50. The van der Waals surface area contributed by atoms with E-state index in [1.54, 1.807) is 13.0 Å². The SMILES string of the molecule is COc1c(Cl)ccc(Cl)c1C(=O)N(CC1CCCCC1)C(=O)c1snnc1C. The molecule has 28 heavy (non-hydrogen) atoms. The number of methoxy groups -OCH3 is 1. The third-order valence-corrected chi connectivity index (χ3v) is 6.41. The Hall–Kier alpha value is -1.70. The number of halogens is 2. The Bertz CT molecular complexity index is 881. The molecule has 1 aromatic carbocycles. The zero-order chi connectivity index (χ0) is 20.3. The van der Waals surface area contributed by atoms with Crippen molar-refractivity contribution in [2.45, 2.75) is 39.0 Å². The van der Waals surface area contributed by atoms with Crippen LogP contribution in [0.5, 0.6) is 5.75 Å². The number of benzene rings is 1. The van der Waals surface area contributed by atoms with Gasteiger partial charge in [-0.2, -0.15) is 0 Å². The molecule has 0 unspecified atom stereocenters. The van der Waals surface area contributed by atoms with Crippen molar-refractivity contribution in [3.8, 4) is 5.75 Å². The third-order valence-electron chi connectivity index (χ3n) is 4.98. The minimum absolute atomic E-state index is 0.0935. The molecule has 0 atom stereocenters. The molecule has 9 heteroatoms. The lowest BCUT2D eigenvalue weighted by atomic mass is 9.88. The quantitative estimate of drug-likeness (QED) is 0.608. The standard InChI is InChI=1S/C19H21Cl2N3O3S/c1-11-17(28-23-22-11)19(26)24(10-12-6-4-3-5-7-12)18(25)15-13(20)8-9-14(21)16(15)27-2/h8-9,12H,3-7,10H2,1-2H3. The van der Waals surface area contributed by atoms with E-state index in [9.17, 15) is 9.59 Å². The summed E-state index contributed by atoms with van der Waals surface area (Å²) in [6.45, 7) is 2.02. The van der Waals surface area contributed by atoms with E-state index in [0.29, 0.717) is 17.1 Å². The highest BCUT2D eigenvalue weighted by Crippen LogP contribution is 2.36. The van der Waals surface area contributed by atoms with Crippen LogP contribution in [0.3, 0.4) is 0 Å². The van der Waals surface area contributed by atoms with Gasteiger partial charge in [0.2, 0.25) is 0 Å². The van der Waals surface area contributed by atoms with E-state index in [1.807, 2.05) is 0 Å². The van der Waals surface area contributed by atoms with Crippen LogP contribution in [0.15, 0.2) is 12.1 Å². The van der Waals surface area contributed by atoms with Gasteiger partial charge in [-0.05, 0) is 49.3 Å². The van der Waals surface area contributed by atoms with Crippen LogP contribution in [0.25, 0.3) is 0 Å². The monoisotopic (exact) mass is 441 g/mol. The lowest BCUT2D eigenvalue weighted by Crippen LogP contribution is -2.41. The van der Waals surface area contributed by atoms with E-state index in [1.165, 1.54) is 24.5 Å². The number of carbonyl (C=O) groups excluding carboxylic acids is 2. The summed E-state index contributed by atoms with van der Waals surface area (Å²) in [5, 5.41) is 4.35. The maximum Gasteiger partial charge on any atom is 0.274 e. The highest BCUT2D eigenvalue weighted by atomic mass is 35.5. The van der Waals surface area contributed by atoms with Gasteiger partial charge in [0.1, 0.15) is 10.4 Å². The number of nitrogens with zero attached hydrogens (tertiary/aromatic N) is 3. The van der Waals surface area contributed by atoms with Gasteiger partial charge in [0.15, 0.2) is 5.75 Å². The Morgan fingerprint density at radius 1 is 1.18 bits per heavy atom. The zero-order valence-electron chi connectivity index (χ0n) is 15.7. The van der Waals surface area contributed by atoms with E-state index < -0.39 is 11.8 Å². The first kappa shape index (κ1) is 21.0. The summed E-state index contributed by atoms with van der Waals surface area (Å²) < 4.78 is 9.15. The molecule has 150 valence electrons. The molecule has 1 saturated carbocycles. The number of amides is 2. The number of carbonyl (C=O) groups is 2. The van der Waals surface area contributed by atoms with Crippen molar-refractivity contribution < 1.29 is 14.3 Å². The average Bonchev–Trinajstić information content (AvgIpc) is 3.13. The fraction of sp³-hybridized carbons (Fsp3) is 0.474. The molecular weight excluding hydrogens is 421 g/mol. The number of aryl methyl sites for hydroxylation is 1. The molecule has 6 nitrogen and oxygen atoms in total. The predicted molar refractivity (Wildman–Crippen MR) is 110 cm³/mol. The molecule has 0 N–H and O–H groups in total. The molecule has 0 radical (unpaired) electrons. The van der Waals surface area contributed by atoms with Crippen LogP contribution < -0.4 is 4.74 Å². The summed E-state index contributed by atoms with van der Waals surface area (Å²) in [7, 11) is 1.42. The molecule has 0 spiro atoms. The fourth-order valence-corrected chi connectivity index (χ4v) is 4.57. The Labute approximate surface area is 177 Å². The van der Waals surface area contributed by atoms with Gasteiger partial charge < -0.3 is 4.74 Å². The number of ether oxygens (including phenoxy) is 1. The third kappa shape index (κ3) is 4.31. The zero-order valence-corrected chi connectivity index (χ0v) is 18.0. The smallest absolute Gasteiger partial charge is 0.274 e. The molecule has 0 bridgehead atoms. The summed E-state index contributed by atoms with van der Waals surface area (Å²) >= 11 is 13.5. The largest absolute Gasteiger partial charge is 0.494 e. The summed E-state index contributed by atoms with van der Waals surface area (Å²) in [6.07, 6.45) is 5.35. The summed E-state index contributed by atoms with van der Waals surface area (Å²) in [5.41, 5.74) is 0.594. The first-order valence-electron chi connectivity index (χ1n) is 9.11. The highest BCUT2D eigenvalue weighted by molar-refractivity contribution is 7.08. The summed E-state index contributed by atoms with van der Waals surface area (Å²) in [5.74, 6) is -0.513. The minimum atomic E-state index is -0.521. The second-order valence-corrected chi connectivity index (χ2v) is 8.42. The Morgan fingerprint density at radius 3 is 2.46 bits per heavy atom. The Balaban J connectivity index is 2.01. The molecule has 1 aliphatic carbocycles. The normalized spacial score (nSPS) is 14.7. The van der Waals surface area contributed by atoms with E-state index in [2.05, 4.69) is 9.59 Å². The van der Waals surface area contributed by atoms with Crippen LogP contribution in [0.2, 0.25) is 10.0 Å². The van der Waals surface area contributed by atoms with Crippen LogP contribution >= 0.6 is 34.7 Å². The van der Waals surface area contributed by atoms with Gasteiger partial charge >= 0.3 is 0 Å². The van der Waals surface area contributed by atoms with Crippen LogP contribution in [0.4, 0.5) is 0 Å². The highest BCUT2D eigenvalue weighted by Gasteiger charge is 2.33. The topological polar surface area (TPSA) is 72.4 Å². The van der Waals surface area contributed by atoms with Gasteiger partial charge in [-0.1, -0.05) is 47.0 Å². The lowest BCUT2D eigenvalue weighted by molar-refractivity contribution is 0.0579. The first-order chi connectivity index (χ1) is 13.4. The number of hydrogen-bond donors (Lipinski definition) is 0. The van der Waals surface area contributed by atoms with Crippen LogP contribution in [-0.2, 0) is 0 Å². The number of rotatable bonds is 5. The van der Waals surface area contributed by atoms with Crippen molar-refractivity contribution in [2.75, 3.05) is 13.7 Å². The molecule has 2 aromatic rings. The number of aromatic nitrogens is 2. The first-order valence-corrected chi connectivity index (χ1v) is 10.6. The van der Waals surface area contributed by atoms with Crippen molar-refractivity contribution in [3.05, 3.63) is 38.3 Å². The maximum atomic E-state index is 13.5. The summed E-state index contributed by atoms with van der Waals surface area (Å²) in [4.78, 5) is 28.3. The lowest BCUT2D eigenvalue weighted by Gasteiger charge is -2.29. The van der Waals surface area contributed by atoms with E-state index in [4.69, 9.17) is 27.9 Å². The summed E-state index contributed by atoms with van der Waals surface area (Å²) in [6, 6.07) is 3.09. The van der Waals surface area contributed by atoms with Crippen molar-refractivity contribution in [2.24, 2.45) is 5.92 Å². The molecule has 1 aliphatic rings. The van der Waals surface area contributed by atoms with E-state index in [-0.39, 0.29) is 27.3 Å². The van der Waals surface area contributed by atoms with Crippen molar-refractivity contribution in [3.63, 3.8) is 0 Å². The molecule has 1 aromatic heterocycles. The van der Waals surface area contributed by atoms with Crippen LogP contribution in [-0.4, -0.2) is 40.0 Å². The van der Waals surface area contributed by atoms with Gasteiger partial charge in [0.05, 0.1) is 22.8 Å². The molecule has 1 heterocycles. The number of hydrogen-bond acceptors (Lipinski definition) is 6. The van der Waals surface area contributed by atoms with E-state index in [0.717, 1.165) is 37.2 Å².